The lowest BCUT2D eigenvalue weighted by Crippen LogP contribution is -2.49. The van der Waals surface area contributed by atoms with E-state index in [1.807, 2.05) is 20.8 Å². The predicted octanol–water partition coefficient (Wildman–Crippen LogP) is 2.38. The molecule has 0 heterocycles. The van der Waals surface area contributed by atoms with E-state index in [9.17, 15) is 9.59 Å². The van der Waals surface area contributed by atoms with E-state index in [1.54, 1.807) is 0 Å². The van der Waals surface area contributed by atoms with Crippen molar-refractivity contribution in [3.05, 3.63) is 0 Å². The van der Waals surface area contributed by atoms with Crippen LogP contribution >= 0.6 is 0 Å². The first kappa shape index (κ1) is 21.7. The van der Waals surface area contributed by atoms with Crippen LogP contribution in [0.4, 0.5) is 4.79 Å². The molecule has 6 heteroatoms. The van der Waals surface area contributed by atoms with Crippen LogP contribution in [-0.4, -0.2) is 55.7 Å². The Bertz CT molecular complexity index is 344. The minimum absolute atomic E-state index is 0.0900. The van der Waals surface area contributed by atoms with E-state index >= 15 is 0 Å². The van der Waals surface area contributed by atoms with Gasteiger partial charge in [0, 0.05) is 6.04 Å². The van der Waals surface area contributed by atoms with Gasteiger partial charge in [-0.1, -0.05) is 27.7 Å². The molecule has 0 fully saturated rings. The van der Waals surface area contributed by atoms with E-state index in [-0.39, 0.29) is 11.9 Å². The largest absolute Gasteiger partial charge is 0.453 e. The zero-order chi connectivity index (χ0) is 17.8. The van der Waals surface area contributed by atoms with E-state index in [4.69, 9.17) is 0 Å². The minimum Gasteiger partial charge on any atom is -0.453 e. The summed E-state index contributed by atoms with van der Waals surface area (Å²) in [7, 11) is 1.30. The molecule has 6 nitrogen and oxygen atoms in total. The molecule has 0 aromatic rings. The number of alkyl carbamates (subject to hydrolysis) is 1. The lowest BCUT2D eigenvalue weighted by Gasteiger charge is -2.23. The number of hydrogen-bond donors (Lipinski definition) is 2. The van der Waals surface area contributed by atoms with Crippen molar-refractivity contribution in [1.82, 2.24) is 15.5 Å². The van der Waals surface area contributed by atoms with Gasteiger partial charge < -0.3 is 20.3 Å². The average Bonchev–Trinajstić information content (AvgIpc) is 2.50. The number of methoxy groups -OCH3 is 1. The van der Waals surface area contributed by atoms with Gasteiger partial charge >= 0.3 is 6.09 Å². The van der Waals surface area contributed by atoms with Crippen molar-refractivity contribution in [1.29, 1.82) is 0 Å². The Hall–Kier alpha value is -1.30. The molecule has 0 saturated heterocycles. The molecule has 0 aliphatic rings. The second kappa shape index (κ2) is 12.2. The highest BCUT2D eigenvalue weighted by molar-refractivity contribution is 5.85. The third kappa shape index (κ3) is 10.2. The Labute approximate surface area is 141 Å². The lowest BCUT2D eigenvalue weighted by molar-refractivity contribution is -0.124. The normalized spacial score (nSPS) is 13.7. The summed E-state index contributed by atoms with van der Waals surface area (Å²) in [5.41, 5.74) is 0. The maximum Gasteiger partial charge on any atom is 0.407 e. The van der Waals surface area contributed by atoms with Gasteiger partial charge in [0.25, 0.3) is 0 Å². The zero-order valence-electron chi connectivity index (χ0n) is 15.6. The molecule has 0 unspecified atom stereocenters. The van der Waals surface area contributed by atoms with Crippen LogP contribution in [0.1, 0.15) is 53.9 Å². The fourth-order valence-electron chi connectivity index (χ4n) is 2.48. The van der Waals surface area contributed by atoms with E-state index in [1.165, 1.54) is 7.11 Å². The zero-order valence-corrected chi connectivity index (χ0v) is 15.6. The van der Waals surface area contributed by atoms with Crippen LogP contribution in [0.25, 0.3) is 0 Å². The maximum absolute atomic E-state index is 12.4. The van der Waals surface area contributed by atoms with Crippen LogP contribution in [0.3, 0.4) is 0 Å². The Morgan fingerprint density at radius 1 is 1.09 bits per heavy atom. The van der Waals surface area contributed by atoms with E-state index in [2.05, 4.69) is 34.1 Å². The Morgan fingerprint density at radius 2 is 1.70 bits per heavy atom. The highest BCUT2D eigenvalue weighted by Gasteiger charge is 2.23. The number of nitrogens with zero attached hydrogens (tertiary/aromatic N) is 1. The van der Waals surface area contributed by atoms with Gasteiger partial charge in [0.15, 0.2) is 0 Å². The maximum atomic E-state index is 12.4. The molecule has 0 aliphatic carbocycles. The summed E-state index contributed by atoms with van der Waals surface area (Å²) >= 11 is 0. The first-order chi connectivity index (χ1) is 10.8. The van der Waals surface area contributed by atoms with Crippen molar-refractivity contribution in [3.63, 3.8) is 0 Å². The SMILES string of the molecule is CCN(CC)CCC[C@H](C)NC(=O)[C@@H](CC(C)C)NC(=O)OC. The standard InChI is InChI=1S/C17H35N3O3/c1-7-20(8-2)11-9-10-14(5)18-16(21)15(12-13(3)4)19-17(22)23-6/h13-15H,7-12H2,1-6H3,(H,18,21)(H,19,22)/t14-,15+/m0/s1. The third-order valence-corrected chi connectivity index (χ3v) is 3.90. The molecule has 136 valence electrons. The molecule has 2 amide bonds. The van der Waals surface area contributed by atoms with Crippen molar-refractivity contribution in [2.75, 3.05) is 26.7 Å². The van der Waals surface area contributed by atoms with Gasteiger partial charge in [-0.2, -0.15) is 0 Å². The quantitative estimate of drug-likeness (QED) is 0.610. The van der Waals surface area contributed by atoms with Gasteiger partial charge in [-0.15, -0.1) is 0 Å². The van der Waals surface area contributed by atoms with E-state index < -0.39 is 12.1 Å². The summed E-state index contributed by atoms with van der Waals surface area (Å²) in [6.45, 7) is 13.5. The van der Waals surface area contributed by atoms with Gasteiger partial charge in [-0.05, 0) is 51.7 Å². The number of carbonyl (C=O) groups is 2. The summed E-state index contributed by atoms with van der Waals surface area (Å²) in [6, 6.07) is -0.458. The second-order valence-electron chi connectivity index (χ2n) is 6.40. The van der Waals surface area contributed by atoms with Crippen molar-refractivity contribution in [2.24, 2.45) is 5.92 Å². The van der Waals surface area contributed by atoms with Crippen molar-refractivity contribution < 1.29 is 14.3 Å². The van der Waals surface area contributed by atoms with Gasteiger partial charge in [0.2, 0.25) is 5.91 Å². The third-order valence-electron chi connectivity index (χ3n) is 3.90. The number of carbonyl (C=O) groups excluding carboxylic acids is 2. The van der Waals surface area contributed by atoms with Crippen molar-refractivity contribution in [3.8, 4) is 0 Å². The molecule has 0 rings (SSSR count). The molecule has 2 N–H and O–H groups in total. The highest BCUT2D eigenvalue weighted by Crippen LogP contribution is 2.07. The number of nitrogens with one attached hydrogen (secondary N) is 2. The summed E-state index contributed by atoms with van der Waals surface area (Å²) in [5.74, 6) is 0.167. The van der Waals surface area contributed by atoms with Crippen LogP contribution in [0.5, 0.6) is 0 Å². The van der Waals surface area contributed by atoms with E-state index in [0.29, 0.717) is 12.3 Å². The molecule has 0 aromatic heterocycles. The van der Waals surface area contributed by atoms with Gasteiger partial charge in [0.1, 0.15) is 6.04 Å². The minimum atomic E-state index is -0.569. The Balaban J connectivity index is 4.33. The van der Waals surface area contributed by atoms with Crippen LogP contribution in [0.15, 0.2) is 0 Å². The number of ether oxygens (including phenoxy) is 1. The first-order valence-electron chi connectivity index (χ1n) is 8.71. The molecule has 0 radical (unpaired) electrons. The molecule has 0 spiro atoms. The molecule has 0 aliphatic heterocycles. The monoisotopic (exact) mass is 329 g/mol. The van der Waals surface area contributed by atoms with Crippen LogP contribution in [-0.2, 0) is 9.53 Å². The van der Waals surface area contributed by atoms with Crippen LogP contribution < -0.4 is 10.6 Å². The number of rotatable bonds is 11. The lowest BCUT2D eigenvalue weighted by atomic mass is 10.0. The molecule has 2 atom stereocenters. The fourth-order valence-corrected chi connectivity index (χ4v) is 2.48. The van der Waals surface area contributed by atoms with E-state index in [0.717, 1.165) is 32.5 Å². The summed E-state index contributed by atoms with van der Waals surface area (Å²) in [4.78, 5) is 26.1. The number of amides is 2. The molecule has 23 heavy (non-hydrogen) atoms. The first-order valence-corrected chi connectivity index (χ1v) is 8.71. The molecule has 0 aromatic carbocycles. The number of hydrogen-bond acceptors (Lipinski definition) is 4. The molecular formula is C17H35N3O3. The predicted molar refractivity (Wildman–Crippen MR) is 93.4 cm³/mol. The summed E-state index contributed by atoms with van der Waals surface area (Å²) in [5, 5.41) is 5.61. The summed E-state index contributed by atoms with van der Waals surface area (Å²) in [6.07, 6.45) is 1.99. The highest BCUT2D eigenvalue weighted by atomic mass is 16.5. The second-order valence-corrected chi connectivity index (χ2v) is 6.40. The topological polar surface area (TPSA) is 70.7 Å². The molecule has 0 bridgehead atoms. The fraction of sp³-hybridized carbons (Fsp3) is 0.882. The Morgan fingerprint density at radius 3 is 2.17 bits per heavy atom. The van der Waals surface area contributed by atoms with Gasteiger partial charge in [-0.3, -0.25) is 4.79 Å². The van der Waals surface area contributed by atoms with Crippen LogP contribution in [0.2, 0.25) is 0 Å². The average molecular weight is 329 g/mol. The molecular weight excluding hydrogens is 294 g/mol. The van der Waals surface area contributed by atoms with Crippen molar-refractivity contribution in [2.45, 2.75) is 66.0 Å². The Kier molecular flexibility index (Phi) is 11.5. The van der Waals surface area contributed by atoms with Crippen LogP contribution in [0, 0.1) is 5.92 Å². The molecule has 0 saturated carbocycles. The van der Waals surface area contributed by atoms with Crippen molar-refractivity contribution >= 4 is 12.0 Å². The smallest absolute Gasteiger partial charge is 0.407 e. The van der Waals surface area contributed by atoms with Gasteiger partial charge in [-0.25, -0.2) is 4.79 Å². The summed E-state index contributed by atoms with van der Waals surface area (Å²) < 4.78 is 4.60. The van der Waals surface area contributed by atoms with Gasteiger partial charge in [0.05, 0.1) is 7.11 Å².